The van der Waals surface area contributed by atoms with Crippen molar-refractivity contribution in [3.05, 3.63) is 78.8 Å². The lowest BCUT2D eigenvalue weighted by atomic mass is 10.0. The number of nitrogens with zero attached hydrogens (tertiary/aromatic N) is 5. The third kappa shape index (κ3) is 4.09. The number of aryl methyl sites for hydroxylation is 3. The summed E-state index contributed by atoms with van der Waals surface area (Å²) < 4.78 is 7.81. The van der Waals surface area contributed by atoms with E-state index in [1.165, 1.54) is 11.1 Å². The van der Waals surface area contributed by atoms with Gasteiger partial charge in [0.15, 0.2) is 0 Å². The topological polar surface area (TPSA) is 81.7 Å². The maximum absolute atomic E-state index is 5.74. The lowest BCUT2D eigenvalue weighted by Gasteiger charge is -2.14. The Morgan fingerprint density at radius 2 is 1.84 bits per heavy atom. The van der Waals surface area contributed by atoms with Crippen molar-refractivity contribution in [1.82, 2.24) is 24.7 Å². The van der Waals surface area contributed by atoms with Crippen molar-refractivity contribution < 1.29 is 4.42 Å². The van der Waals surface area contributed by atoms with E-state index in [2.05, 4.69) is 79.4 Å². The third-order valence-corrected chi connectivity index (χ3v) is 5.46. The van der Waals surface area contributed by atoms with Crippen molar-refractivity contribution in [2.75, 3.05) is 11.9 Å². The van der Waals surface area contributed by atoms with E-state index in [4.69, 9.17) is 4.42 Å². The standard InChI is InChI=1S/C25H24N6O/c1-17-4-6-19(7-5-17)20-8-9-23-21(14-20)24(27-10-3-12-31-13-11-26-16-31)22(15-28-23)25-30-29-18(2)32-25/h4-9,11,13-16H,3,10,12H2,1-2H3,(H,27,28). The Labute approximate surface area is 186 Å². The molecule has 2 aromatic carbocycles. The molecule has 0 bridgehead atoms. The zero-order valence-corrected chi connectivity index (χ0v) is 18.1. The number of hydrogen-bond donors (Lipinski definition) is 1. The van der Waals surface area contributed by atoms with Gasteiger partial charge < -0.3 is 14.3 Å². The van der Waals surface area contributed by atoms with Gasteiger partial charge in [-0.05, 0) is 36.6 Å². The van der Waals surface area contributed by atoms with E-state index in [9.17, 15) is 0 Å². The van der Waals surface area contributed by atoms with Gasteiger partial charge in [0.2, 0.25) is 5.89 Å². The second-order valence-electron chi connectivity index (χ2n) is 7.85. The van der Waals surface area contributed by atoms with Gasteiger partial charge in [0, 0.05) is 44.0 Å². The van der Waals surface area contributed by atoms with Gasteiger partial charge in [0.25, 0.3) is 5.89 Å². The maximum atomic E-state index is 5.74. The molecule has 5 rings (SSSR count). The molecule has 5 aromatic rings. The van der Waals surface area contributed by atoms with Crippen LogP contribution in [-0.4, -0.2) is 31.3 Å². The van der Waals surface area contributed by atoms with Crippen molar-refractivity contribution in [2.24, 2.45) is 0 Å². The highest BCUT2D eigenvalue weighted by Gasteiger charge is 2.16. The summed E-state index contributed by atoms with van der Waals surface area (Å²) in [6.07, 6.45) is 8.36. The number of rotatable bonds is 7. The monoisotopic (exact) mass is 424 g/mol. The molecule has 0 atom stereocenters. The Morgan fingerprint density at radius 1 is 1.00 bits per heavy atom. The van der Waals surface area contributed by atoms with Crippen LogP contribution in [0.5, 0.6) is 0 Å². The van der Waals surface area contributed by atoms with E-state index in [-0.39, 0.29) is 0 Å². The molecule has 3 heterocycles. The minimum atomic E-state index is 0.467. The first-order valence-corrected chi connectivity index (χ1v) is 10.7. The molecule has 1 N–H and O–H groups in total. The molecule has 0 unspecified atom stereocenters. The van der Waals surface area contributed by atoms with Gasteiger partial charge in [-0.2, -0.15) is 0 Å². The van der Waals surface area contributed by atoms with Gasteiger partial charge in [-0.25, -0.2) is 4.98 Å². The molecule has 7 nitrogen and oxygen atoms in total. The lowest BCUT2D eigenvalue weighted by Crippen LogP contribution is -2.07. The maximum Gasteiger partial charge on any atom is 0.251 e. The quantitative estimate of drug-likeness (QED) is 0.359. The molecule has 0 spiro atoms. The molecule has 0 aliphatic heterocycles. The normalized spacial score (nSPS) is 11.2. The van der Waals surface area contributed by atoms with Crippen LogP contribution in [0.3, 0.4) is 0 Å². The molecule has 0 radical (unpaired) electrons. The summed E-state index contributed by atoms with van der Waals surface area (Å²) in [5.74, 6) is 0.995. The molecule has 0 saturated carbocycles. The van der Waals surface area contributed by atoms with E-state index in [1.54, 1.807) is 19.3 Å². The number of nitrogens with one attached hydrogen (secondary N) is 1. The van der Waals surface area contributed by atoms with Gasteiger partial charge in [-0.1, -0.05) is 35.9 Å². The molecule has 3 aromatic heterocycles. The summed E-state index contributed by atoms with van der Waals surface area (Å²) in [6.45, 7) is 5.56. The van der Waals surface area contributed by atoms with Crippen LogP contribution in [0.4, 0.5) is 5.69 Å². The van der Waals surface area contributed by atoms with Crippen LogP contribution in [0.25, 0.3) is 33.5 Å². The first-order valence-electron chi connectivity index (χ1n) is 10.7. The molecular weight excluding hydrogens is 400 g/mol. The second-order valence-corrected chi connectivity index (χ2v) is 7.85. The summed E-state index contributed by atoms with van der Waals surface area (Å²) in [5, 5.41) is 12.9. The van der Waals surface area contributed by atoms with Crippen LogP contribution in [-0.2, 0) is 6.54 Å². The molecule has 0 fully saturated rings. The predicted molar refractivity (Wildman–Crippen MR) is 125 cm³/mol. The minimum Gasteiger partial charge on any atom is -0.421 e. The number of hydrogen-bond acceptors (Lipinski definition) is 6. The molecule has 0 aliphatic carbocycles. The molecule has 0 saturated heterocycles. The summed E-state index contributed by atoms with van der Waals surface area (Å²) in [4.78, 5) is 8.77. The number of anilines is 1. The highest BCUT2D eigenvalue weighted by molar-refractivity contribution is 6.00. The fourth-order valence-corrected chi connectivity index (χ4v) is 3.77. The highest BCUT2D eigenvalue weighted by Crippen LogP contribution is 2.35. The van der Waals surface area contributed by atoms with Crippen LogP contribution in [0.15, 0.2) is 71.8 Å². The number of imidazole rings is 1. The average Bonchev–Trinajstić information content (AvgIpc) is 3.48. The fraction of sp³-hybridized carbons (Fsp3) is 0.200. The summed E-state index contributed by atoms with van der Waals surface area (Å²) >= 11 is 0. The second kappa shape index (κ2) is 8.63. The van der Waals surface area contributed by atoms with E-state index in [0.29, 0.717) is 11.8 Å². The molecule has 32 heavy (non-hydrogen) atoms. The minimum absolute atomic E-state index is 0.467. The van der Waals surface area contributed by atoms with E-state index in [1.807, 2.05) is 12.5 Å². The molecule has 0 amide bonds. The van der Waals surface area contributed by atoms with Crippen LogP contribution >= 0.6 is 0 Å². The van der Waals surface area contributed by atoms with Crippen molar-refractivity contribution in [3.8, 4) is 22.6 Å². The lowest BCUT2D eigenvalue weighted by molar-refractivity contribution is 0.533. The zero-order valence-electron chi connectivity index (χ0n) is 18.1. The smallest absolute Gasteiger partial charge is 0.251 e. The van der Waals surface area contributed by atoms with Gasteiger partial charge >= 0.3 is 0 Å². The first-order chi connectivity index (χ1) is 15.7. The van der Waals surface area contributed by atoms with Crippen molar-refractivity contribution in [2.45, 2.75) is 26.8 Å². The molecule has 7 heteroatoms. The summed E-state index contributed by atoms with van der Waals surface area (Å²) in [6, 6.07) is 14.9. The summed E-state index contributed by atoms with van der Waals surface area (Å²) in [7, 11) is 0. The Balaban J connectivity index is 1.53. The number of pyridine rings is 1. The van der Waals surface area contributed by atoms with E-state index < -0.39 is 0 Å². The van der Waals surface area contributed by atoms with Crippen LogP contribution < -0.4 is 5.32 Å². The first kappa shape index (κ1) is 19.9. The van der Waals surface area contributed by atoms with Gasteiger partial charge in [-0.15, -0.1) is 10.2 Å². The largest absolute Gasteiger partial charge is 0.421 e. The Hall–Kier alpha value is -4.00. The fourth-order valence-electron chi connectivity index (χ4n) is 3.77. The number of fused-ring (bicyclic) bond motifs is 1. The summed E-state index contributed by atoms with van der Waals surface area (Å²) in [5.41, 5.74) is 6.23. The predicted octanol–water partition coefficient (Wildman–Crippen LogP) is 5.27. The number of benzene rings is 2. The molecular formula is C25H24N6O. The third-order valence-electron chi connectivity index (χ3n) is 5.46. The molecule has 160 valence electrons. The Morgan fingerprint density at radius 3 is 2.59 bits per heavy atom. The zero-order chi connectivity index (χ0) is 21.9. The highest BCUT2D eigenvalue weighted by atomic mass is 16.4. The Kier molecular flexibility index (Phi) is 5.37. The SMILES string of the molecule is Cc1ccc(-c2ccc3ncc(-c4nnc(C)o4)c(NCCCn4ccnc4)c3c2)cc1. The van der Waals surface area contributed by atoms with Crippen molar-refractivity contribution >= 4 is 16.6 Å². The van der Waals surface area contributed by atoms with Gasteiger partial charge in [0.1, 0.15) is 0 Å². The van der Waals surface area contributed by atoms with Crippen LogP contribution in [0.1, 0.15) is 17.9 Å². The van der Waals surface area contributed by atoms with Crippen molar-refractivity contribution in [3.63, 3.8) is 0 Å². The average molecular weight is 425 g/mol. The van der Waals surface area contributed by atoms with Crippen LogP contribution in [0, 0.1) is 13.8 Å². The molecule has 0 aliphatic rings. The van der Waals surface area contributed by atoms with E-state index >= 15 is 0 Å². The Bertz CT molecular complexity index is 1340. The number of aromatic nitrogens is 5. The van der Waals surface area contributed by atoms with Crippen molar-refractivity contribution in [1.29, 1.82) is 0 Å². The van der Waals surface area contributed by atoms with Gasteiger partial charge in [-0.3, -0.25) is 4.98 Å². The van der Waals surface area contributed by atoms with E-state index in [0.717, 1.165) is 47.2 Å². The van der Waals surface area contributed by atoms with Crippen LogP contribution in [0.2, 0.25) is 0 Å². The van der Waals surface area contributed by atoms with Gasteiger partial charge in [0.05, 0.1) is 23.1 Å².